The summed E-state index contributed by atoms with van der Waals surface area (Å²) in [7, 11) is 1.70. The lowest BCUT2D eigenvalue weighted by Gasteiger charge is -2.26. The maximum absolute atomic E-state index is 5.64. The number of methoxy groups -OCH3 is 1. The number of rotatable bonds is 6. The smallest absolute Gasteiger partial charge is 0.123 e. The summed E-state index contributed by atoms with van der Waals surface area (Å²) in [6.07, 6.45) is 0. The predicted octanol–water partition coefficient (Wildman–Crippen LogP) is 2.63. The molecule has 1 aromatic rings. The Kier molecular flexibility index (Phi) is 5.95. The first-order valence-corrected chi connectivity index (χ1v) is 6.64. The van der Waals surface area contributed by atoms with Crippen molar-refractivity contribution in [2.75, 3.05) is 20.2 Å². The summed E-state index contributed by atoms with van der Waals surface area (Å²) in [6, 6.07) is 6.55. The molecule has 3 nitrogen and oxygen atoms in total. The van der Waals surface area contributed by atoms with Crippen LogP contribution >= 0.6 is 15.9 Å². The first kappa shape index (κ1) is 14.5. The predicted molar refractivity (Wildman–Crippen MR) is 75.3 cm³/mol. The molecular formula is C13H21BrN2O. The molecule has 0 aliphatic heterocycles. The van der Waals surface area contributed by atoms with Crippen LogP contribution in [-0.2, 0) is 6.54 Å². The van der Waals surface area contributed by atoms with Gasteiger partial charge in [0.05, 0.1) is 7.11 Å². The molecule has 4 heteroatoms. The van der Waals surface area contributed by atoms with Crippen LogP contribution in [0.1, 0.15) is 19.4 Å². The van der Waals surface area contributed by atoms with Crippen LogP contribution in [0.4, 0.5) is 0 Å². The molecule has 17 heavy (non-hydrogen) atoms. The number of nitrogens with zero attached hydrogens (tertiary/aromatic N) is 1. The Morgan fingerprint density at radius 2 is 2.12 bits per heavy atom. The lowest BCUT2D eigenvalue weighted by Crippen LogP contribution is -2.34. The molecule has 0 fully saturated rings. The average Bonchev–Trinajstić information content (AvgIpc) is 2.28. The summed E-state index contributed by atoms with van der Waals surface area (Å²) in [6.45, 7) is 6.79. The molecular weight excluding hydrogens is 280 g/mol. The lowest BCUT2D eigenvalue weighted by molar-refractivity contribution is 0.216. The molecule has 0 aliphatic carbocycles. The fourth-order valence-electron chi connectivity index (χ4n) is 1.78. The van der Waals surface area contributed by atoms with Gasteiger partial charge in [-0.1, -0.05) is 15.9 Å². The Morgan fingerprint density at radius 1 is 1.41 bits per heavy atom. The van der Waals surface area contributed by atoms with Crippen molar-refractivity contribution in [2.45, 2.75) is 26.4 Å². The molecule has 0 aromatic heterocycles. The van der Waals surface area contributed by atoms with E-state index in [4.69, 9.17) is 10.5 Å². The van der Waals surface area contributed by atoms with Crippen LogP contribution in [0.15, 0.2) is 22.7 Å². The van der Waals surface area contributed by atoms with Crippen molar-refractivity contribution in [3.8, 4) is 5.75 Å². The Bertz CT molecular complexity index is 355. The molecule has 0 aliphatic rings. The van der Waals surface area contributed by atoms with Crippen LogP contribution in [0, 0.1) is 0 Å². The van der Waals surface area contributed by atoms with E-state index in [0.29, 0.717) is 12.6 Å². The van der Waals surface area contributed by atoms with Crippen LogP contribution in [-0.4, -0.2) is 31.1 Å². The van der Waals surface area contributed by atoms with Crippen molar-refractivity contribution >= 4 is 15.9 Å². The zero-order valence-electron chi connectivity index (χ0n) is 10.7. The van der Waals surface area contributed by atoms with E-state index in [0.717, 1.165) is 23.3 Å². The first-order valence-electron chi connectivity index (χ1n) is 5.85. The third kappa shape index (κ3) is 4.30. The maximum atomic E-state index is 5.64. The Morgan fingerprint density at radius 3 is 2.65 bits per heavy atom. The van der Waals surface area contributed by atoms with E-state index in [1.165, 1.54) is 5.56 Å². The summed E-state index contributed by atoms with van der Waals surface area (Å²) in [4.78, 5) is 2.34. The van der Waals surface area contributed by atoms with Crippen molar-refractivity contribution < 1.29 is 4.74 Å². The minimum Gasteiger partial charge on any atom is -0.496 e. The molecule has 1 rings (SSSR count). The van der Waals surface area contributed by atoms with Gasteiger partial charge in [-0.3, -0.25) is 4.90 Å². The monoisotopic (exact) mass is 300 g/mol. The highest BCUT2D eigenvalue weighted by Gasteiger charge is 2.12. The third-order valence-corrected chi connectivity index (χ3v) is 3.26. The van der Waals surface area contributed by atoms with Crippen molar-refractivity contribution in [2.24, 2.45) is 5.73 Å². The largest absolute Gasteiger partial charge is 0.496 e. The van der Waals surface area contributed by atoms with Gasteiger partial charge in [0.15, 0.2) is 0 Å². The van der Waals surface area contributed by atoms with Crippen molar-refractivity contribution in [3.63, 3.8) is 0 Å². The highest BCUT2D eigenvalue weighted by molar-refractivity contribution is 9.10. The first-order chi connectivity index (χ1) is 8.08. The fraction of sp³-hybridized carbons (Fsp3) is 0.538. The van der Waals surface area contributed by atoms with Crippen molar-refractivity contribution in [1.82, 2.24) is 4.90 Å². The second-order valence-electron chi connectivity index (χ2n) is 4.31. The quantitative estimate of drug-likeness (QED) is 0.878. The summed E-state index contributed by atoms with van der Waals surface area (Å²) in [5.74, 6) is 0.927. The van der Waals surface area contributed by atoms with Gasteiger partial charge in [0.25, 0.3) is 0 Å². The van der Waals surface area contributed by atoms with Crippen LogP contribution in [0.5, 0.6) is 5.75 Å². The Labute approximate surface area is 112 Å². The molecule has 0 amide bonds. The van der Waals surface area contributed by atoms with E-state index in [1.807, 2.05) is 12.1 Å². The van der Waals surface area contributed by atoms with Crippen LogP contribution in [0.25, 0.3) is 0 Å². The van der Waals surface area contributed by atoms with E-state index < -0.39 is 0 Å². The Hall–Kier alpha value is -0.580. The van der Waals surface area contributed by atoms with E-state index in [2.05, 4.69) is 40.7 Å². The van der Waals surface area contributed by atoms with Crippen LogP contribution < -0.4 is 10.5 Å². The highest BCUT2D eigenvalue weighted by atomic mass is 79.9. The normalized spacial score (nSPS) is 11.2. The van der Waals surface area contributed by atoms with Gasteiger partial charge >= 0.3 is 0 Å². The maximum Gasteiger partial charge on any atom is 0.123 e. The topological polar surface area (TPSA) is 38.5 Å². The van der Waals surface area contributed by atoms with Crippen LogP contribution in [0.3, 0.4) is 0 Å². The Balaban J connectivity index is 2.87. The van der Waals surface area contributed by atoms with Crippen LogP contribution in [0.2, 0.25) is 0 Å². The molecule has 0 spiro atoms. The van der Waals surface area contributed by atoms with Crippen molar-refractivity contribution in [1.29, 1.82) is 0 Å². The number of nitrogens with two attached hydrogens (primary N) is 1. The van der Waals surface area contributed by atoms with E-state index in [-0.39, 0.29) is 0 Å². The van der Waals surface area contributed by atoms with E-state index >= 15 is 0 Å². The van der Waals surface area contributed by atoms with Gasteiger partial charge in [-0.15, -0.1) is 0 Å². The molecule has 0 bridgehead atoms. The summed E-state index contributed by atoms with van der Waals surface area (Å²) >= 11 is 3.49. The van der Waals surface area contributed by atoms with Gasteiger partial charge in [0.2, 0.25) is 0 Å². The summed E-state index contributed by atoms with van der Waals surface area (Å²) in [5, 5.41) is 0. The zero-order valence-corrected chi connectivity index (χ0v) is 12.3. The zero-order chi connectivity index (χ0) is 12.8. The second kappa shape index (κ2) is 6.99. The summed E-state index contributed by atoms with van der Waals surface area (Å²) in [5.41, 5.74) is 6.82. The summed E-state index contributed by atoms with van der Waals surface area (Å²) < 4.78 is 6.45. The second-order valence-corrected chi connectivity index (χ2v) is 5.22. The average molecular weight is 301 g/mol. The minimum absolute atomic E-state index is 0.474. The van der Waals surface area contributed by atoms with Gasteiger partial charge < -0.3 is 10.5 Å². The molecule has 2 N–H and O–H groups in total. The molecule has 0 atom stereocenters. The third-order valence-electron chi connectivity index (χ3n) is 2.76. The minimum atomic E-state index is 0.474. The van der Waals surface area contributed by atoms with E-state index in [1.54, 1.807) is 7.11 Å². The van der Waals surface area contributed by atoms with E-state index in [9.17, 15) is 0 Å². The molecule has 96 valence electrons. The van der Waals surface area contributed by atoms with Gasteiger partial charge in [-0.2, -0.15) is 0 Å². The molecule has 1 aromatic carbocycles. The molecule has 0 radical (unpaired) electrons. The number of benzene rings is 1. The number of hydrogen-bond acceptors (Lipinski definition) is 3. The number of ether oxygens (including phenoxy) is 1. The number of hydrogen-bond donors (Lipinski definition) is 1. The van der Waals surface area contributed by atoms with Gasteiger partial charge in [0, 0.05) is 35.7 Å². The van der Waals surface area contributed by atoms with Gasteiger partial charge in [0.1, 0.15) is 5.75 Å². The SMILES string of the molecule is COc1ccc(Br)cc1CN(CCN)C(C)C. The highest BCUT2D eigenvalue weighted by Crippen LogP contribution is 2.24. The molecule has 0 unspecified atom stereocenters. The fourth-order valence-corrected chi connectivity index (χ4v) is 2.18. The molecule has 0 saturated carbocycles. The van der Waals surface area contributed by atoms with Gasteiger partial charge in [-0.25, -0.2) is 0 Å². The molecule has 0 heterocycles. The lowest BCUT2D eigenvalue weighted by atomic mass is 10.1. The number of halogens is 1. The van der Waals surface area contributed by atoms with Crippen molar-refractivity contribution in [3.05, 3.63) is 28.2 Å². The standard InChI is InChI=1S/C13H21BrN2O/c1-10(2)16(7-6-15)9-11-8-12(14)4-5-13(11)17-3/h4-5,8,10H,6-7,9,15H2,1-3H3. The molecule has 0 saturated heterocycles. The van der Waals surface area contributed by atoms with Gasteiger partial charge in [-0.05, 0) is 32.0 Å².